The summed E-state index contributed by atoms with van der Waals surface area (Å²) in [6.45, 7) is 1.07. The second-order valence-corrected chi connectivity index (χ2v) is 4.64. The van der Waals surface area contributed by atoms with Gasteiger partial charge in [-0.25, -0.2) is 0 Å². The third kappa shape index (κ3) is 2.02. The Bertz CT molecular complexity index is 572. The van der Waals surface area contributed by atoms with E-state index in [1.165, 1.54) is 23.2 Å². The predicted octanol–water partition coefficient (Wildman–Crippen LogP) is 3.52. The maximum absolute atomic E-state index is 10.6. The molecule has 0 saturated carbocycles. The highest BCUT2D eigenvalue weighted by molar-refractivity contribution is 5.77. The lowest BCUT2D eigenvalue weighted by Gasteiger charge is -2.18. The van der Waals surface area contributed by atoms with Gasteiger partial charge in [0.05, 0.1) is 0 Å². The van der Waals surface area contributed by atoms with E-state index in [9.17, 15) is 4.79 Å². The van der Waals surface area contributed by atoms with Gasteiger partial charge in [-0.05, 0) is 41.7 Å². The van der Waals surface area contributed by atoms with E-state index in [1.54, 1.807) is 0 Å². The number of carbonyl (C=O) groups excluding carboxylic acids is 1. The molecule has 1 aliphatic rings. The first-order chi connectivity index (χ1) is 8.86. The van der Waals surface area contributed by atoms with Crippen molar-refractivity contribution in [2.75, 3.05) is 11.9 Å². The summed E-state index contributed by atoms with van der Waals surface area (Å²) >= 11 is 0. The van der Waals surface area contributed by atoms with Crippen LogP contribution in [0.2, 0.25) is 0 Å². The maximum Gasteiger partial charge on any atom is 0.150 e. The Balaban J connectivity index is 1.98. The quantitative estimate of drug-likeness (QED) is 0.810. The van der Waals surface area contributed by atoms with E-state index in [1.807, 2.05) is 24.3 Å². The average Bonchev–Trinajstić information content (AvgIpc) is 2.47. The van der Waals surface area contributed by atoms with Crippen LogP contribution in [0, 0.1) is 0 Å². The molecule has 0 amide bonds. The number of hydrogen-bond donors (Lipinski definition) is 1. The molecule has 2 aromatic rings. The molecular weight excluding hydrogens is 222 g/mol. The molecule has 2 heteroatoms. The zero-order chi connectivity index (χ0) is 12.4. The number of anilines is 1. The molecule has 0 unspecified atom stereocenters. The second-order valence-electron chi connectivity index (χ2n) is 4.64. The van der Waals surface area contributed by atoms with Crippen molar-refractivity contribution in [3.8, 4) is 11.1 Å². The van der Waals surface area contributed by atoms with Crippen LogP contribution in [0.15, 0.2) is 42.5 Å². The van der Waals surface area contributed by atoms with E-state index in [0.29, 0.717) is 0 Å². The van der Waals surface area contributed by atoms with Crippen LogP contribution >= 0.6 is 0 Å². The van der Waals surface area contributed by atoms with Gasteiger partial charge in [0.2, 0.25) is 0 Å². The molecule has 0 aromatic heterocycles. The minimum atomic E-state index is 0.721. The molecule has 0 aliphatic carbocycles. The summed E-state index contributed by atoms with van der Waals surface area (Å²) in [5.74, 6) is 0. The van der Waals surface area contributed by atoms with Gasteiger partial charge in [-0.3, -0.25) is 4.79 Å². The molecule has 1 aliphatic heterocycles. The Kier molecular flexibility index (Phi) is 2.85. The largest absolute Gasteiger partial charge is 0.385 e. The van der Waals surface area contributed by atoms with Crippen LogP contribution in [0.1, 0.15) is 22.3 Å². The van der Waals surface area contributed by atoms with Gasteiger partial charge in [0.15, 0.2) is 0 Å². The zero-order valence-corrected chi connectivity index (χ0v) is 10.1. The molecule has 0 bridgehead atoms. The Morgan fingerprint density at radius 3 is 2.56 bits per heavy atom. The Labute approximate surface area is 107 Å². The summed E-state index contributed by atoms with van der Waals surface area (Å²) in [7, 11) is 0. The summed E-state index contributed by atoms with van der Waals surface area (Å²) in [4.78, 5) is 10.6. The fraction of sp³-hybridized carbons (Fsp3) is 0.188. The smallest absolute Gasteiger partial charge is 0.150 e. The SMILES string of the molecule is O=Cc1ccc(-c2ccc3c(c2)CCCN3)cc1. The summed E-state index contributed by atoms with van der Waals surface area (Å²) in [6, 6.07) is 14.3. The number of carbonyl (C=O) groups is 1. The highest BCUT2D eigenvalue weighted by atomic mass is 16.1. The topological polar surface area (TPSA) is 29.1 Å². The number of aryl methyl sites for hydroxylation is 1. The van der Waals surface area contributed by atoms with E-state index in [2.05, 4.69) is 23.5 Å². The molecule has 3 rings (SSSR count). The Morgan fingerprint density at radius 2 is 1.78 bits per heavy atom. The van der Waals surface area contributed by atoms with Crippen LogP contribution < -0.4 is 5.32 Å². The van der Waals surface area contributed by atoms with Gasteiger partial charge in [0, 0.05) is 17.8 Å². The van der Waals surface area contributed by atoms with E-state index in [0.717, 1.165) is 30.4 Å². The number of aldehydes is 1. The molecular formula is C16H15NO. The normalized spacial score (nSPS) is 13.6. The van der Waals surface area contributed by atoms with Crippen LogP contribution in [0.5, 0.6) is 0 Å². The van der Waals surface area contributed by atoms with E-state index in [4.69, 9.17) is 0 Å². The van der Waals surface area contributed by atoms with Crippen LogP contribution in [0.25, 0.3) is 11.1 Å². The Hall–Kier alpha value is -2.09. The van der Waals surface area contributed by atoms with Gasteiger partial charge < -0.3 is 5.32 Å². The first-order valence-electron chi connectivity index (χ1n) is 6.29. The lowest BCUT2D eigenvalue weighted by molar-refractivity contribution is 0.112. The molecule has 0 atom stereocenters. The van der Waals surface area contributed by atoms with Gasteiger partial charge in [-0.1, -0.05) is 30.3 Å². The first-order valence-corrected chi connectivity index (χ1v) is 6.29. The molecule has 0 radical (unpaired) electrons. The molecule has 1 heterocycles. The third-order valence-corrected chi connectivity index (χ3v) is 3.42. The van der Waals surface area contributed by atoms with Crippen molar-refractivity contribution >= 4 is 12.0 Å². The maximum atomic E-state index is 10.6. The minimum absolute atomic E-state index is 0.721. The van der Waals surface area contributed by atoms with Crippen LogP contribution in [0.4, 0.5) is 5.69 Å². The number of hydrogen-bond acceptors (Lipinski definition) is 2. The molecule has 18 heavy (non-hydrogen) atoms. The van der Waals surface area contributed by atoms with Crippen molar-refractivity contribution in [3.05, 3.63) is 53.6 Å². The summed E-state index contributed by atoms with van der Waals surface area (Å²) in [5, 5.41) is 3.41. The Morgan fingerprint density at radius 1 is 1.00 bits per heavy atom. The van der Waals surface area contributed by atoms with Gasteiger partial charge >= 0.3 is 0 Å². The molecule has 0 fully saturated rings. The zero-order valence-electron chi connectivity index (χ0n) is 10.1. The number of benzene rings is 2. The lowest BCUT2D eigenvalue weighted by atomic mass is 9.97. The summed E-state index contributed by atoms with van der Waals surface area (Å²) in [5.41, 5.74) is 5.75. The van der Waals surface area contributed by atoms with E-state index in [-0.39, 0.29) is 0 Å². The highest BCUT2D eigenvalue weighted by Gasteiger charge is 2.09. The lowest BCUT2D eigenvalue weighted by Crippen LogP contribution is -2.11. The van der Waals surface area contributed by atoms with Crippen molar-refractivity contribution in [2.45, 2.75) is 12.8 Å². The average molecular weight is 237 g/mol. The van der Waals surface area contributed by atoms with Crippen molar-refractivity contribution in [3.63, 3.8) is 0 Å². The molecule has 2 nitrogen and oxygen atoms in total. The van der Waals surface area contributed by atoms with Crippen molar-refractivity contribution in [1.82, 2.24) is 0 Å². The highest BCUT2D eigenvalue weighted by Crippen LogP contribution is 2.28. The molecule has 1 N–H and O–H groups in total. The molecule has 90 valence electrons. The number of nitrogens with one attached hydrogen (secondary N) is 1. The standard InChI is InChI=1S/C16H15NO/c18-11-12-3-5-13(6-4-12)14-7-8-16-15(10-14)2-1-9-17-16/h3-8,10-11,17H,1-2,9H2. The summed E-state index contributed by atoms with van der Waals surface area (Å²) in [6.07, 6.45) is 3.21. The molecule has 0 saturated heterocycles. The van der Waals surface area contributed by atoms with Gasteiger partial charge in [-0.15, -0.1) is 0 Å². The predicted molar refractivity (Wildman–Crippen MR) is 74.1 cm³/mol. The van der Waals surface area contributed by atoms with E-state index >= 15 is 0 Å². The van der Waals surface area contributed by atoms with E-state index < -0.39 is 0 Å². The fourth-order valence-corrected chi connectivity index (χ4v) is 2.41. The number of rotatable bonds is 2. The second kappa shape index (κ2) is 4.65. The first kappa shape index (κ1) is 11.0. The van der Waals surface area contributed by atoms with Crippen molar-refractivity contribution in [1.29, 1.82) is 0 Å². The van der Waals surface area contributed by atoms with Crippen molar-refractivity contribution in [2.24, 2.45) is 0 Å². The molecule has 0 spiro atoms. The fourth-order valence-electron chi connectivity index (χ4n) is 2.41. The van der Waals surface area contributed by atoms with Gasteiger partial charge in [0.1, 0.15) is 6.29 Å². The molecule has 2 aromatic carbocycles. The third-order valence-electron chi connectivity index (χ3n) is 3.42. The van der Waals surface area contributed by atoms with Gasteiger partial charge in [-0.2, -0.15) is 0 Å². The van der Waals surface area contributed by atoms with Crippen molar-refractivity contribution < 1.29 is 4.79 Å². The van der Waals surface area contributed by atoms with Gasteiger partial charge in [0.25, 0.3) is 0 Å². The van der Waals surface area contributed by atoms with Crippen LogP contribution in [-0.2, 0) is 6.42 Å². The van der Waals surface area contributed by atoms with Crippen LogP contribution in [-0.4, -0.2) is 12.8 Å². The number of fused-ring (bicyclic) bond motifs is 1. The monoisotopic (exact) mass is 237 g/mol. The van der Waals surface area contributed by atoms with Crippen LogP contribution in [0.3, 0.4) is 0 Å². The minimum Gasteiger partial charge on any atom is -0.385 e. The summed E-state index contributed by atoms with van der Waals surface area (Å²) < 4.78 is 0.